The second-order valence-corrected chi connectivity index (χ2v) is 24.5. The van der Waals surface area contributed by atoms with Crippen LogP contribution in [0, 0.1) is 20.8 Å². The van der Waals surface area contributed by atoms with Crippen molar-refractivity contribution in [1.82, 2.24) is 59.9 Å². The Labute approximate surface area is 500 Å². The lowest BCUT2D eigenvalue weighted by Crippen LogP contribution is -2.16. The number of rotatable bonds is 18. The third kappa shape index (κ3) is 20.1. The minimum absolute atomic E-state index is 0.123. The van der Waals surface area contributed by atoms with Crippen LogP contribution in [0.4, 0.5) is 48.9 Å². The summed E-state index contributed by atoms with van der Waals surface area (Å²) < 4.78 is 94.7. The molecule has 0 atom stereocenters. The summed E-state index contributed by atoms with van der Waals surface area (Å²) in [6.07, 6.45) is 5.23. The highest BCUT2D eigenvalue weighted by molar-refractivity contribution is 7.92. The van der Waals surface area contributed by atoms with Crippen molar-refractivity contribution in [3.63, 3.8) is 0 Å². The molecule has 9 rings (SSSR count). The van der Waals surface area contributed by atoms with E-state index in [9.17, 15) is 39.6 Å². The Morgan fingerprint density at radius 2 is 0.678 bits per heavy atom. The highest BCUT2D eigenvalue weighted by Crippen LogP contribution is 2.28. The fraction of sp³-hybridized carbons (Fsp3) is 0.222. The fourth-order valence-electron chi connectivity index (χ4n) is 7.69. The van der Waals surface area contributed by atoms with E-state index in [0.717, 1.165) is 52.1 Å². The number of anilines is 6. The van der Waals surface area contributed by atoms with Crippen molar-refractivity contribution in [3.8, 4) is 34.2 Å². The normalized spacial score (nSPS) is 11.1. The van der Waals surface area contributed by atoms with Crippen LogP contribution in [-0.4, -0.2) is 122 Å². The first kappa shape index (κ1) is 64.2. The first-order valence-corrected chi connectivity index (χ1v) is 31.3. The van der Waals surface area contributed by atoms with Gasteiger partial charge in [0.1, 0.15) is 19.8 Å². The molecule has 33 heteroatoms. The SMILES string of the molecule is Cc1cccc(COC(=O)Nc2c(-c3ccc(NS(C)(=O)=O)cn3)nnn2C)c1.Cc1cccc(COC(=O)Nc2c(-c3ccc(NS(C)(=O)=O)cn3)nnn2C)c1.Cc1cccc(COC(=O)Nc2c(-c3ccc(NS(C)(=O)=O)cn3)nnn2C)c1. The Morgan fingerprint density at radius 1 is 0.414 bits per heavy atom. The number of carbonyl (C=O) groups is 3. The summed E-state index contributed by atoms with van der Waals surface area (Å²) in [5.74, 6) is 0.904. The lowest BCUT2D eigenvalue weighted by atomic mass is 10.1. The highest BCUT2D eigenvalue weighted by Gasteiger charge is 2.21. The number of aromatic nitrogens is 12. The van der Waals surface area contributed by atoms with Gasteiger partial charge in [0.2, 0.25) is 30.1 Å². The Hall–Kier alpha value is -10.4. The van der Waals surface area contributed by atoms with Crippen molar-refractivity contribution in [2.75, 3.05) is 48.9 Å². The maximum absolute atomic E-state index is 12.2. The molecule has 0 aliphatic carbocycles. The largest absolute Gasteiger partial charge is 0.444 e. The van der Waals surface area contributed by atoms with Crippen molar-refractivity contribution >= 4 is 82.9 Å². The van der Waals surface area contributed by atoms with Crippen LogP contribution in [0.25, 0.3) is 34.2 Å². The molecule has 6 aromatic heterocycles. The van der Waals surface area contributed by atoms with E-state index in [-0.39, 0.29) is 19.8 Å². The van der Waals surface area contributed by atoms with Gasteiger partial charge >= 0.3 is 18.3 Å². The minimum atomic E-state index is -3.40. The monoisotopic (exact) mass is 1250 g/mol. The van der Waals surface area contributed by atoms with E-state index in [1.165, 1.54) is 50.8 Å². The minimum Gasteiger partial charge on any atom is -0.444 e. The van der Waals surface area contributed by atoms with Crippen molar-refractivity contribution in [2.45, 2.75) is 40.6 Å². The Morgan fingerprint density at radius 3 is 0.897 bits per heavy atom. The molecule has 6 heterocycles. The molecule has 0 bridgehead atoms. The van der Waals surface area contributed by atoms with E-state index in [1.807, 2.05) is 93.6 Å². The number of pyridine rings is 3. The van der Waals surface area contributed by atoms with E-state index in [4.69, 9.17) is 14.2 Å². The molecule has 0 spiro atoms. The quantitative estimate of drug-likeness (QED) is 0.0475. The predicted octanol–water partition coefficient (Wildman–Crippen LogP) is 6.92. The first-order chi connectivity index (χ1) is 41.1. The van der Waals surface area contributed by atoms with Crippen molar-refractivity contribution in [2.24, 2.45) is 21.1 Å². The first-order valence-electron chi connectivity index (χ1n) is 25.6. The Kier molecular flexibility index (Phi) is 21.0. The second-order valence-electron chi connectivity index (χ2n) is 19.2. The number of benzene rings is 3. The molecule has 0 aliphatic rings. The van der Waals surface area contributed by atoms with Crippen LogP contribution < -0.4 is 30.1 Å². The van der Waals surface area contributed by atoms with Gasteiger partial charge in [-0.2, -0.15) is 0 Å². The third-order valence-electron chi connectivity index (χ3n) is 11.4. The van der Waals surface area contributed by atoms with E-state index >= 15 is 0 Å². The van der Waals surface area contributed by atoms with Crippen molar-refractivity contribution in [1.29, 1.82) is 0 Å². The zero-order chi connectivity index (χ0) is 63.1. The number of carbonyl (C=O) groups excluding carboxylic acids is 3. The van der Waals surface area contributed by atoms with Gasteiger partial charge in [-0.15, -0.1) is 15.3 Å². The number of nitrogens with one attached hydrogen (secondary N) is 6. The molecule has 0 fully saturated rings. The molecule has 9 aromatic rings. The van der Waals surface area contributed by atoms with Gasteiger partial charge in [-0.05, 0) is 73.9 Å². The van der Waals surface area contributed by atoms with Gasteiger partial charge < -0.3 is 14.2 Å². The molecular formula is C54H60N18O12S3. The van der Waals surface area contributed by atoms with Crippen LogP contribution in [0.5, 0.6) is 0 Å². The van der Waals surface area contributed by atoms with Crippen LogP contribution in [0.2, 0.25) is 0 Å². The van der Waals surface area contributed by atoms with Crippen LogP contribution >= 0.6 is 0 Å². The summed E-state index contributed by atoms with van der Waals surface area (Å²) in [7, 11) is -5.35. The molecule has 0 saturated heterocycles. The molecule has 0 unspecified atom stereocenters. The lowest BCUT2D eigenvalue weighted by Gasteiger charge is -2.09. The molecule has 30 nitrogen and oxygen atoms in total. The van der Waals surface area contributed by atoms with Gasteiger partial charge in [-0.3, -0.25) is 45.1 Å². The van der Waals surface area contributed by atoms with Crippen LogP contribution in [-0.2, 0) is 85.2 Å². The van der Waals surface area contributed by atoms with Gasteiger partial charge in [-0.25, -0.2) is 53.7 Å². The maximum Gasteiger partial charge on any atom is 0.413 e. The summed E-state index contributed by atoms with van der Waals surface area (Å²) in [5.41, 5.74) is 8.98. The Balaban J connectivity index is 0.000000186. The molecule has 0 saturated carbocycles. The highest BCUT2D eigenvalue weighted by atomic mass is 32.2. The fourth-order valence-corrected chi connectivity index (χ4v) is 9.33. The number of amides is 3. The zero-order valence-corrected chi connectivity index (χ0v) is 50.7. The van der Waals surface area contributed by atoms with Gasteiger partial charge in [0, 0.05) is 21.1 Å². The molecule has 456 valence electrons. The van der Waals surface area contributed by atoms with Crippen LogP contribution in [0.3, 0.4) is 0 Å². The summed E-state index contributed by atoms with van der Waals surface area (Å²) in [5, 5.41) is 31.6. The summed E-state index contributed by atoms with van der Waals surface area (Å²) in [6, 6.07) is 32.3. The number of ether oxygens (including phenoxy) is 3. The van der Waals surface area contributed by atoms with Gasteiger partial charge in [0.05, 0.1) is 71.5 Å². The molecule has 6 N–H and O–H groups in total. The summed E-state index contributed by atoms with van der Waals surface area (Å²) in [6.45, 7) is 6.25. The number of aryl methyl sites for hydroxylation is 6. The Bertz CT molecular complexity index is 3810. The summed E-state index contributed by atoms with van der Waals surface area (Å²) >= 11 is 0. The van der Waals surface area contributed by atoms with E-state index in [2.05, 4.69) is 76.0 Å². The van der Waals surface area contributed by atoms with Gasteiger partial charge in [0.25, 0.3) is 0 Å². The topological polar surface area (TPSA) is 384 Å². The average molecular weight is 1250 g/mol. The van der Waals surface area contributed by atoms with E-state index in [1.54, 1.807) is 39.3 Å². The van der Waals surface area contributed by atoms with Crippen LogP contribution in [0.15, 0.2) is 128 Å². The molecule has 3 aromatic carbocycles. The van der Waals surface area contributed by atoms with Crippen LogP contribution in [0.1, 0.15) is 33.4 Å². The lowest BCUT2D eigenvalue weighted by molar-refractivity contribution is 0.154. The smallest absolute Gasteiger partial charge is 0.413 e. The number of sulfonamides is 3. The van der Waals surface area contributed by atoms with E-state index in [0.29, 0.717) is 68.7 Å². The second kappa shape index (κ2) is 28.4. The number of hydrogen-bond donors (Lipinski definition) is 6. The standard InChI is InChI=1S/3C18H20N6O4S/c3*1-12-5-4-6-13(9-12)11-28-18(25)20-17-16(21-23-24(17)2)15-8-7-14(10-19-15)22-29(3,26)27/h3*4-10,22H,11H2,1-3H3,(H,20,25). The van der Waals surface area contributed by atoms with E-state index < -0.39 is 48.3 Å². The predicted molar refractivity (Wildman–Crippen MR) is 323 cm³/mol. The summed E-state index contributed by atoms with van der Waals surface area (Å²) in [4.78, 5) is 49.2. The molecule has 0 radical (unpaired) electrons. The average Bonchev–Trinajstić information content (AvgIpc) is 2.82. The zero-order valence-electron chi connectivity index (χ0n) is 48.2. The number of nitrogens with zero attached hydrogens (tertiary/aromatic N) is 12. The van der Waals surface area contributed by atoms with Gasteiger partial charge in [0.15, 0.2) is 34.5 Å². The number of hydrogen-bond acceptors (Lipinski definition) is 21. The maximum atomic E-state index is 12.2. The molecule has 0 aliphatic heterocycles. The molecule has 87 heavy (non-hydrogen) atoms. The third-order valence-corrected chi connectivity index (χ3v) is 13.2. The van der Waals surface area contributed by atoms with Gasteiger partial charge in [-0.1, -0.05) is 105 Å². The van der Waals surface area contributed by atoms with Crippen molar-refractivity contribution < 1.29 is 53.8 Å². The molecule has 3 amide bonds. The molecular weight excluding hydrogens is 1190 g/mol. The van der Waals surface area contributed by atoms with Crippen molar-refractivity contribution in [3.05, 3.63) is 161 Å².